The zero-order valence-electron chi connectivity index (χ0n) is 17.2. The van der Waals surface area contributed by atoms with Crippen molar-refractivity contribution in [3.8, 4) is 11.5 Å². The van der Waals surface area contributed by atoms with Crippen molar-refractivity contribution in [2.75, 3.05) is 11.9 Å². The van der Waals surface area contributed by atoms with E-state index in [-0.39, 0.29) is 24.7 Å². The molecule has 0 aliphatic heterocycles. The van der Waals surface area contributed by atoms with Gasteiger partial charge < -0.3 is 14.8 Å². The fourth-order valence-corrected chi connectivity index (χ4v) is 3.25. The van der Waals surface area contributed by atoms with E-state index in [0.717, 1.165) is 5.56 Å². The van der Waals surface area contributed by atoms with E-state index in [1.165, 1.54) is 16.7 Å². The van der Waals surface area contributed by atoms with Gasteiger partial charge in [-0.2, -0.15) is 0 Å². The first kappa shape index (κ1) is 21.4. The molecule has 0 bridgehead atoms. The number of nitrogens with one attached hydrogen (secondary N) is 1. The number of amides is 1. The summed E-state index contributed by atoms with van der Waals surface area (Å²) >= 11 is 5.94. The molecule has 0 radical (unpaired) electrons. The molecule has 2 aromatic carbocycles. The number of ether oxygens (including phenoxy) is 2. The minimum absolute atomic E-state index is 0.0566. The second kappa shape index (κ2) is 9.53. The first-order chi connectivity index (χ1) is 15.5. The Kier molecular flexibility index (Phi) is 6.37. The van der Waals surface area contributed by atoms with Crippen molar-refractivity contribution in [3.05, 3.63) is 99.6 Å². The van der Waals surface area contributed by atoms with E-state index in [1.54, 1.807) is 42.5 Å². The van der Waals surface area contributed by atoms with Gasteiger partial charge in [-0.05, 0) is 48.9 Å². The molecule has 1 amide bonds. The molecule has 4 rings (SSSR count). The zero-order valence-corrected chi connectivity index (χ0v) is 18.0. The van der Waals surface area contributed by atoms with Crippen LogP contribution in [0.25, 0.3) is 5.65 Å². The molecule has 0 atom stereocenters. The Labute approximate surface area is 189 Å². The standard InChI is InChI=1S/C24H20ClN3O4/c1-16-5-4-6-19(11-16)31-15-23(29)27-20-7-2-3-8-21(20)32-14-18-12-24(30)28-13-17(25)9-10-22(28)26-18/h2-13H,14-15H2,1H3,(H,27,29). The summed E-state index contributed by atoms with van der Waals surface area (Å²) in [5, 5.41) is 3.23. The summed E-state index contributed by atoms with van der Waals surface area (Å²) < 4.78 is 12.8. The Hall–Kier alpha value is -3.84. The molecule has 1 N–H and O–H groups in total. The van der Waals surface area contributed by atoms with Crippen LogP contribution < -0.4 is 20.3 Å². The number of aryl methyl sites for hydroxylation is 1. The van der Waals surface area contributed by atoms with Crippen LogP contribution in [0.2, 0.25) is 5.02 Å². The average molecular weight is 450 g/mol. The summed E-state index contributed by atoms with van der Waals surface area (Å²) in [5.74, 6) is 0.760. The van der Waals surface area contributed by atoms with E-state index in [2.05, 4.69) is 10.3 Å². The van der Waals surface area contributed by atoms with Crippen molar-refractivity contribution < 1.29 is 14.3 Å². The van der Waals surface area contributed by atoms with Crippen molar-refractivity contribution >= 4 is 28.8 Å². The van der Waals surface area contributed by atoms with Gasteiger partial charge >= 0.3 is 0 Å². The predicted molar refractivity (Wildman–Crippen MR) is 123 cm³/mol. The molecule has 0 aliphatic rings. The number of aromatic nitrogens is 2. The average Bonchev–Trinajstić information content (AvgIpc) is 2.78. The molecule has 0 aliphatic carbocycles. The van der Waals surface area contributed by atoms with Crippen LogP contribution in [-0.2, 0) is 11.4 Å². The molecule has 8 heteroatoms. The van der Waals surface area contributed by atoms with E-state index in [0.29, 0.717) is 33.6 Å². The molecule has 7 nitrogen and oxygen atoms in total. The number of fused-ring (bicyclic) bond motifs is 1. The number of nitrogens with zero attached hydrogens (tertiary/aromatic N) is 2. The number of carbonyl (C=O) groups excluding carboxylic acids is 1. The number of halogens is 1. The maximum atomic E-state index is 12.4. The first-order valence-corrected chi connectivity index (χ1v) is 10.2. The van der Waals surface area contributed by atoms with E-state index in [4.69, 9.17) is 21.1 Å². The van der Waals surface area contributed by atoms with Crippen LogP contribution in [-0.4, -0.2) is 21.9 Å². The highest BCUT2D eigenvalue weighted by molar-refractivity contribution is 6.30. The van der Waals surface area contributed by atoms with Crippen molar-refractivity contribution in [3.63, 3.8) is 0 Å². The van der Waals surface area contributed by atoms with Gasteiger partial charge in [0.05, 0.1) is 16.4 Å². The van der Waals surface area contributed by atoms with E-state index in [9.17, 15) is 9.59 Å². The Balaban J connectivity index is 1.42. The number of pyridine rings is 1. The summed E-state index contributed by atoms with van der Waals surface area (Å²) in [7, 11) is 0. The predicted octanol–water partition coefficient (Wildman–Crippen LogP) is 4.25. The molecule has 0 fully saturated rings. The van der Waals surface area contributed by atoms with Crippen LogP contribution in [0.3, 0.4) is 0 Å². The van der Waals surface area contributed by atoms with Crippen molar-refractivity contribution in [1.29, 1.82) is 0 Å². The van der Waals surface area contributed by atoms with Crippen LogP contribution in [0, 0.1) is 6.92 Å². The highest BCUT2D eigenvalue weighted by Gasteiger charge is 2.10. The fourth-order valence-electron chi connectivity index (χ4n) is 3.09. The van der Waals surface area contributed by atoms with Crippen LogP contribution in [0.5, 0.6) is 11.5 Å². The molecular formula is C24H20ClN3O4. The number of para-hydroxylation sites is 2. The lowest BCUT2D eigenvalue weighted by atomic mass is 10.2. The van der Waals surface area contributed by atoms with Gasteiger partial charge in [0, 0.05) is 12.3 Å². The summed E-state index contributed by atoms with van der Waals surface area (Å²) in [6.07, 6.45) is 1.51. The van der Waals surface area contributed by atoms with E-state index < -0.39 is 0 Å². The van der Waals surface area contributed by atoms with E-state index >= 15 is 0 Å². The lowest BCUT2D eigenvalue weighted by molar-refractivity contribution is -0.118. The minimum atomic E-state index is -0.318. The highest BCUT2D eigenvalue weighted by Crippen LogP contribution is 2.24. The van der Waals surface area contributed by atoms with Crippen molar-refractivity contribution in [2.24, 2.45) is 0 Å². The topological polar surface area (TPSA) is 81.9 Å². The molecule has 32 heavy (non-hydrogen) atoms. The number of rotatable bonds is 7. The van der Waals surface area contributed by atoms with Gasteiger partial charge in [-0.1, -0.05) is 35.9 Å². The largest absolute Gasteiger partial charge is 0.485 e. The normalized spacial score (nSPS) is 10.7. The third kappa shape index (κ3) is 5.25. The molecule has 0 saturated carbocycles. The highest BCUT2D eigenvalue weighted by atomic mass is 35.5. The van der Waals surface area contributed by atoms with Gasteiger partial charge in [-0.15, -0.1) is 0 Å². The summed E-state index contributed by atoms with van der Waals surface area (Å²) in [6.45, 7) is 1.87. The minimum Gasteiger partial charge on any atom is -0.485 e. The number of carbonyl (C=O) groups is 1. The molecule has 162 valence electrons. The maximum absolute atomic E-state index is 12.4. The van der Waals surface area contributed by atoms with Gasteiger partial charge in [0.1, 0.15) is 23.8 Å². The molecular weight excluding hydrogens is 430 g/mol. The van der Waals surface area contributed by atoms with Gasteiger partial charge in [0.2, 0.25) is 0 Å². The SMILES string of the molecule is Cc1cccc(OCC(=O)Nc2ccccc2OCc2cc(=O)n3cc(Cl)ccc3n2)c1. The second-order valence-electron chi connectivity index (χ2n) is 7.10. The van der Waals surface area contributed by atoms with Gasteiger partial charge in [-0.3, -0.25) is 14.0 Å². The quantitative estimate of drug-likeness (QED) is 0.456. The maximum Gasteiger partial charge on any atom is 0.262 e. The third-order valence-electron chi connectivity index (χ3n) is 4.57. The lowest BCUT2D eigenvalue weighted by Crippen LogP contribution is -2.20. The molecule has 2 heterocycles. The molecule has 0 unspecified atom stereocenters. The Morgan fingerprint density at radius 1 is 1.06 bits per heavy atom. The Bertz CT molecular complexity index is 1340. The number of anilines is 1. The molecule has 4 aromatic rings. The number of hydrogen-bond donors (Lipinski definition) is 1. The van der Waals surface area contributed by atoms with Gasteiger partial charge in [0.25, 0.3) is 11.5 Å². The monoisotopic (exact) mass is 449 g/mol. The Morgan fingerprint density at radius 2 is 1.91 bits per heavy atom. The third-order valence-corrected chi connectivity index (χ3v) is 4.80. The van der Waals surface area contributed by atoms with Crippen molar-refractivity contribution in [2.45, 2.75) is 13.5 Å². The second-order valence-corrected chi connectivity index (χ2v) is 7.54. The number of benzene rings is 2. The zero-order chi connectivity index (χ0) is 22.5. The van der Waals surface area contributed by atoms with Crippen LogP contribution in [0.1, 0.15) is 11.3 Å². The van der Waals surface area contributed by atoms with Gasteiger partial charge in [0.15, 0.2) is 6.61 Å². The Morgan fingerprint density at radius 3 is 2.75 bits per heavy atom. The molecule has 0 spiro atoms. The number of hydrogen-bond acceptors (Lipinski definition) is 5. The first-order valence-electron chi connectivity index (χ1n) is 9.87. The van der Waals surface area contributed by atoms with Gasteiger partial charge in [-0.25, -0.2) is 4.98 Å². The van der Waals surface area contributed by atoms with Crippen LogP contribution in [0.15, 0.2) is 77.7 Å². The summed E-state index contributed by atoms with van der Waals surface area (Å²) in [5.41, 5.74) is 2.21. The lowest BCUT2D eigenvalue weighted by Gasteiger charge is -2.13. The smallest absolute Gasteiger partial charge is 0.262 e. The summed E-state index contributed by atoms with van der Waals surface area (Å²) in [6, 6.07) is 19.2. The molecule has 0 saturated heterocycles. The summed E-state index contributed by atoms with van der Waals surface area (Å²) in [4.78, 5) is 29.1. The fraction of sp³-hybridized carbons (Fsp3) is 0.125. The van der Waals surface area contributed by atoms with E-state index in [1.807, 2.05) is 25.1 Å². The van der Waals surface area contributed by atoms with Crippen LogP contribution in [0.4, 0.5) is 5.69 Å². The van der Waals surface area contributed by atoms with Crippen LogP contribution >= 0.6 is 11.6 Å². The van der Waals surface area contributed by atoms with Crippen molar-refractivity contribution in [1.82, 2.24) is 9.38 Å². The molecule has 2 aromatic heterocycles.